The summed E-state index contributed by atoms with van der Waals surface area (Å²) < 4.78 is 15.6. The van der Waals surface area contributed by atoms with E-state index in [9.17, 15) is 19.6 Å². The molecule has 1 aromatic carbocycles. The maximum atomic E-state index is 13.7. The summed E-state index contributed by atoms with van der Waals surface area (Å²) in [7, 11) is 1.44. The number of allylic oxidation sites excluding steroid dienone is 1. The van der Waals surface area contributed by atoms with Crippen molar-refractivity contribution >= 4 is 23.5 Å². The van der Waals surface area contributed by atoms with Crippen LogP contribution in [0.25, 0.3) is 0 Å². The third-order valence-electron chi connectivity index (χ3n) is 4.93. The summed E-state index contributed by atoms with van der Waals surface area (Å²) in [5.41, 5.74) is 9.54. The number of methoxy groups -OCH3 is 1. The number of rotatable bonds is 6. The number of amides is 2. The molecule has 1 aromatic rings. The van der Waals surface area contributed by atoms with Crippen molar-refractivity contribution in [3.63, 3.8) is 0 Å². The number of hydrogen-bond acceptors (Lipinski definition) is 8. The van der Waals surface area contributed by atoms with E-state index in [0.717, 1.165) is 4.90 Å². The molecule has 2 aliphatic heterocycles. The van der Waals surface area contributed by atoms with Crippen LogP contribution in [0.3, 0.4) is 0 Å². The Morgan fingerprint density at radius 3 is 2.63 bits per heavy atom. The Morgan fingerprint density at radius 1 is 1.30 bits per heavy atom. The Hall–Kier alpha value is -3.84. The van der Waals surface area contributed by atoms with Crippen LogP contribution in [0.2, 0.25) is 0 Å². The molecule has 10 heteroatoms. The molecule has 0 saturated carbocycles. The Kier molecular flexibility index (Phi) is 5.49. The van der Waals surface area contributed by atoms with Crippen LogP contribution in [0.4, 0.5) is 5.69 Å². The van der Waals surface area contributed by atoms with Crippen molar-refractivity contribution in [2.45, 2.75) is 12.3 Å². The number of para-hydroxylation sites is 1. The number of nitriles is 1. The predicted molar refractivity (Wildman–Crippen MR) is 103 cm³/mol. The molecule has 0 fully saturated rings. The number of fused-ring (bicyclic) bond motifs is 2. The summed E-state index contributed by atoms with van der Waals surface area (Å²) in [4.78, 5) is 39.5. The van der Waals surface area contributed by atoms with Crippen LogP contribution in [0.15, 0.2) is 47.1 Å². The van der Waals surface area contributed by atoms with Gasteiger partial charge in [-0.1, -0.05) is 18.2 Å². The Labute approximate surface area is 172 Å². The molecule has 0 saturated heterocycles. The first kappa shape index (κ1) is 20.9. The van der Waals surface area contributed by atoms with E-state index in [1.165, 1.54) is 14.0 Å². The average Bonchev–Trinajstić information content (AvgIpc) is 2.92. The van der Waals surface area contributed by atoms with Gasteiger partial charge in [-0.3, -0.25) is 9.59 Å². The molecule has 10 nitrogen and oxygen atoms in total. The van der Waals surface area contributed by atoms with Crippen molar-refractivity contribution in [3.8, 4) is 6.07 Å². The van der Waals surface area contributed by atoms with Crippen molar-refractivity contribution < 1.29 is 28.6 Å². The second-order valence-corrected chi connectivity index (χ2v) is 6.64. The number of esters is 1. The molecule has 1 atom stereocenters. The number of benzene rings is 1. The zero-order valence-electron chi connectivity index (χ0n) is 16.4. The predicted octanol–water partition coefficient (Wildman–Crippen LogP) is -0.0560. The van der Waals surface area contributed by atoms with E-state index < -0.39 is 29.7 Å². The Balaban J connectivity index is 2.29. The zero-order valence-corrected chi connectivity index (χ0v) is 16.4. The molecule has 0 aromatic heterocycles. The first-order valence-corrected chi connectivity index (χ1v) is 8.96. The first-order valence-electron chi connectivity index (χ1n) is 8.96. The minimum absolute atomic E-state index is 0.0120. The lowest BCUT2D eigenvalue weighted by molar-refractivity contribution is -0.142. The monoisotopic (exact) mass is 412 g/mol. The van der Waals surface area contributed by atoms with Crippen molar-refractivity contribution in [2.24, 2.45) is 11.5 Å². The Morgan fingerprint density at radius 2 is 2.00 bits per heavy atom. The molecule has 2 aliphatic rings. The van der Waals surface area contributed by atoms with E-state index >= 15 is 0 Å². The van der Waals surface area contributed by atoms with Gasteiger partial charge in [0.05, 0.1) is 6.61 Å². The van der Waals surface area contributed by atoms with Gasteiger partial charge < -0.3 is 30.6 Å². The average molecular weight is 412 g/mol. The number of carbonyl (C=O) groups is 3. The van der Waals surface area contributed by atoms with Gasteiger partial charge in [0, 0.05) is 18.4 Å². The van der Waals surface area contributed by atoms with Crippen LogP contribution < -0.4 is 16.4 Å². The molecule has 0 radical (unpaired) electrons. The zero-order chi connectivity index (χ0) is 22.1. The standard InChI is InChI=1S/C20H20N4O6/c1-11-16(18(26)29-8-7-28-2)20(13(9-21)17(23)30-11)12-5-3-4-6-14(12)24(19(20)27)10-15(22)25/h3-6H,7-8,10,23H2,1-2H3,(H2,22,25)/t20-/m1/s1. The highest BCUT2D eigenvalue weighted by Gasteiger charge is 2.62. The van der Waals surface area contributed by atoms with E-state index in [4.69, 9.17) is 25.7 Å². The fraction of sp³-hybridized carbons (Fsp3) is 0.300. The summed E-state index contributed by atoms with van der Waals surface area (Å²) >= 11 is 0. The number of nitrogens with two attached hydrogens (primary N) is 2. The summed E-state index contributed by atoms with van der Waals surface area (Å²) in [5, 5.41) is 9.87. The van der Waals surface area contributed by atoms with Gasteiger partial charge in [0.25, 0.3) is 0 Å². The third-order valence-corrected chi connectivity index (χ3v) is 4.93. The minimum atomic E-state index is -1.92. The van der Waals surface area contributed by atoms with Gasteiger partial charge in [0.2, 0.25) is 17.7 Å². The van der Waals surface area contributed by atoms with Crippen LogP contribution in [0, 0.1) is 11.3 Å². The van der Waals surface area contributed by atoms with Gasteiger partial charge in [-0.05, 0) is 13.0 Å². The van der Waals surface area contributed by atoms with Gasteiger partial charge in [-0.25, -0.2) is 4.79 Å². The number of anilines is 1. The first-order chi connectivity index (χ1) is 14.3. The van der Waals surface area contributed by atoms with Crippen LogP contribution in [-0.2, 0) is 34.0 Å². The largest absolute Gasteiger partial charge is 0.460 e. The second-order valence-electron chi connectivity index (χ2n) is 6.64. The van der Waals surface area contributed by atoms with Gasteiger partial charge in [0.1, 0.15) is 36.1 Å². The lowest BCUT2D eigenvalue weighted by Gasteiger charge is -2.34. The maximum absolute atomic E-state index is 13.7. The van der Waals surface area contributed by atoms with E-state index in [2.05, 4.69) is 0 Å². The molecular formula is C20H20N4O6. The van der Waals surface area contributed by atoms with Gasteiger partial charge in [-0.2, -0.15) is 5.26 Å². The van der Waals surface area contributed by atoms with Crippen molar-refractivity contribution in [1.29, 1.82) is 5.26 Å². The quantitative estimate of drug-likeness (QED) is 0.486. The summed E-state index contributed by atoms with van der Waals surface area (Å²) in [6, 6.07) is 8.38. The fourth-order valence-electron chi connectivity index (χ4n) is 3.82. The molecular weight excluding hydrogens is 392 g/mol. The maximum Gasteiger partial charge on any atom is 0.339 e. The summed E-state index contributed by atoms with van der Waals surface area (Å²) in [6.45, 7) is 1.06. The Bertz CT molecular complexity index is 1040. The number of ether oxygens (including phenoxy) is 3. The SMILES string of the molecule is COCCOC(=O)C1=C(C)OC(N)=C(C#N)[C@@]12C(=O)N(CC(N)=O)c1ccccc12. The smallest absolute Gasteiger partial charge is 0.339 e. The molecule has 0 bridgehead atoms. The lowest BCUT2D eigenvalue weighted by atomic mass is 9.68. The molecule has 4 N–H and O–H groups in total. The summed E-state index contributed by atoms with van der Waals surface area (Å²) in [5.74, 6) is -2.65. The van der Waals surface area contributed by atoms with E-state index in [1.54, 1.807) is 24.3 Å². The molecule has 2 amide bonds. The lowest BCUT2D eigenvalue weighted by Crippen LogP contribution is -2.50. The van der Waals surface area contributed by atoms with Gasteiger partial charge in [0.15, 0.2) is 5.41 Å². The van der Waals surface area contributed by atoms with Crippen molar-refractivity contribution in [2.75, 3.05) is 31.8 Å². The minimum Gasteiger partial charge on any atom is -0.460 e. The number of hydrogen-bond donors (Lipinski definition) is 2. The van der Waals surface area contributed by atoms with E-state index in [-0.39, 0.29) is 36.0 Å². The van der Waals surface area contributed by atoms with Crippen molar-refractivity contribution in [1.82, 2.24) is 0 Å². The van der Waals surface area contributed by atoms with Crippen LogP contribution in [0.1, 0.15) is 12.5 Å². The highest BCUT2D eigenvalue weighted by atomic mass is 16.6. The molecule has 0 aliphatic carbocycles. The van der Waals surface area contributed by atoms with E-state index in [1.807, 2.05) is 6.07 Å². The molecule has 2 heterocycles. The van der Waals surface area contributed by atoms with Crippen LogP contribution in [-0.4, -0.2) is 44.7 Å². The number of primary amides is 1. The van der Waals surface area contributed by atoms with Gasteiger partial charge in [-0.15, -0.1) is 0 Å². The highest BCUT2D eigenvalue weighted by molar-refractivity contribution is 6.19. The topological polar surface area (TPSA) is 158 Å². The molecule has 3 rings (SSSR count). The van der Waals surface area contributed by atoms with Crippen LogP contribution in [0.5, 0.6) is 0 Å². The summed E-state index contributed by atoms with van der Waals surface area (Å²) in [6.07, 6.45) is 0. The molecule has 156 valence electrons. The normalized spacial score (nSPS) is 20.2. The fourth-order valence-corrected chi connectivity index (χ4v) is 3.82. The van der Waals surface area contributed by atoms with E-state index in [0.29, 0.717) is 11.3 Å². The molecule has 1 spiro atoms. The third kappa shape index (κ3) is 2.96. The van der Waals surface area contributed by atoms with Crippen LogP contribution >= 0.6 is 0 Å². The van der Waals surface area contributed by atoms with Crippen molar-refractivity contribution in [3.05, 3.63) is 52.6 Å². The second kappa shape index (κ2) is 7.88. The molecule has 0 unspecified atom stereocenters. The highest BCUT2D eigenvalue weighted by Crippen LogP contribution is 2.53. The number of carbonyl (C=O) groups excluding carboxylic acids is 3. The number of nitrogens with zero attached hydrogens (tertiary/aromatic N) is 2. The van der Waals surface area contributed by atoms with Gasteiger partial charge >= 0.3 is 5.97 Å². The molecule has 30 heavy (non-hydrogen) atoms.